The van der Waals surface area contributed by atoms with E-state index in [1.54, 1.807) is 22.2 Å². The minimum absolute atomic E-state index is 0.0722. The Labute approximate surface area is 263 Å². The summed E-state index contributed by atoms with van der Waals surface area (Å²) < 4.78 is 0. The molecule has 0 radical (unpaired) electrons. The van der Waals surface area contributed by atoms with Gasteiger partial charge in [0, 0.05) is 56.6 Å². The highest BCUT2D eigenvalue weighted by Gasteiger charge is 2.34. The molecular weight excluding hydrogens is 576 g/mol. The molecule has 0 aliphatic carbocycles. The van der Waals surface area contributed by atoms with Crippen LogP contribution in [0.25, 0.3) is 10.9 Å². The summed E-state index contributed by atoms with van der Waals surface area (Å²) in [5.74, 6) is -2.04. The van der Waals surface area contributed by atoms with Crippen LogP contribution in [0.4, 0.5) is 0 Å². The number of rotatable bonds is 12. The molecule has 2 saturated heterocycles. The van der Waals surface area contributed by atoms with Crippen LogP contribution in [-0.2, 0) is 25.6 Å². The first-order valence-corrected chi connectivity index (χ1v) is 15.4. The first-order chi connectivity index (χ1) is 21.6. The Balaban J connectivity index is 1.43. The van der Waals surface area contributed by atoms with E-state index < -0.39 is 36.3 Å². The number of amides is 3. The average Bonchev–Trinajstić information content (AvgIpc) is 3.50. The second kappa shape index (κ2) is 15.5. The number of carboxylic acids is 1. The van der Waals surface area contributed by atoms with Crippen LogP contribution in [0.5, 0.6) is 0 Å². The topological polar surface area (TPSA) is 177 Å². The predicted molar refractivity (Wildman–Crippen MR) is 171 cm³/mol. The SMILES string of the molecule is C=N/C=C\C(=C/C)N1CCN(C(=O)[C@H](CC2CCN(C(=O)CC(=O)O)CC2)NC(=O)[C@H](N)Cc2cc(C)c3[nH]ncc3c2)CC1. The zero-order chi connectivity index (χ0) is 32.5. The predicted octanol–water partition coefficient (Wildman–Crippen LogP) is 1.59. The van der Waals surface area contributed by atoms with Crippen molar-refractivity contribution < 1.29 is 24.3 Å². The third kappa shape index (κ3) is 8.78. The first-order valence-electron chi connectivity index (χ1n) is 15.4. The van der Waals surface area contributed by atoms with E-state index in [0.29, 0.717) is 65.0 Å². The number of benzene rings is 1. The van der Waals surface area contributed by atoms with Crippen molar-refractivity contribution in [1.82, 2.24) is 30.2 Å². The van der Waals surface area contributed by atoms with Gasteiger partial charge in [0.2, 0.25) is 17.7 Å². The Bertz CT molecular complexity index is 1450. The van der Waals surface area contributed by atoms with Crippen LogP contribution < -0.4 is 11.1 Å². The van der Waals surface area contributed by atoms with Crippen molar-refractivity contribution in [2.75, 3.05) is 39.3 Å². The molecule has 13 nitrogen and oxygen atoms in total. The number of hydrogen-bond acceptors (Lipinski definition) is 8. The van der Waals surface area contributed by atoms with E-state index in [9.17, 15) is 19.2 Å². The van der Waals surface area contributed by atoms with Crippen LogP contribution in [0.3, 0.4) is 0 Å². The maximum absolute atomic E-state index is 13.9. The molecule has 3 heterocycles. The van der Waals surface area contributed by atoms with Gasteiger partial charge in [0.1, 0.15) is 12.5 Å². The minimum atomic E-state index is -1.15. The molecule has 2 aliphatic heterocycles. The van der Waals surface area contributed by atoms with Gasteiger partial charge in [0.05, 0.1) is 17.8 Å². The number of fused-ring (bicyclic) bond motifs is 1. The van der Waals surface area contributed by atoms with Gasteiger partial charge in [-0.25, -0.2) is 0 Å². The summed E-state index contributed by atoms with van der Waals surface area (Å²) in [6.07, 6.45) is 8.65. The average molecular weight is 621 g/mol. The van der Waals surface area contributed by atoms with Gasteiger partial charge in [-0.05, 0) is 75.4 Å². The highest BCUT2D eigenvalue weighted by atomic mass is 16.4. The largest absolute Gasteiger partial charge is 0.481 e. The maximum atomic E-state index is 13.9. The number of carbonyl (C=O) groups is 4. The van der Waals surface area contributed by atoms with Gasteiger partial charge < -0.3 is 30.9 Å². The number of aliphatic carboxylic acids is 1. The molecule has 13 heteroatoms. The van der Waals surface area contributed by atoms with Crippen LogP contribution in [0.1, 0.15) is 43.7 Å². The van der Waals surface area contributed by atoms with Crippen LogP contribution in [0.2, 0.25) is 0 Å². The molecule has 0 spiro atoms. The quantitative estimate of drug-likeness (QED) is 0.157. The molecule has 5 N–H and O–H groups in total. The van der Waals surface area contributed by atoms with Gasteiger partial charge in [0.25, 0.3) is 0 Å². The van der Waals surface area contributed by atoms with Crippen LogP contribution in [0, 0.1) is 12.8 Å². The lowest BCUT2D eigenvalue weighted by molar-refractivity contribution is -0.145. The number of nitrogens with zero attached hydrogens (tertiary/aromatic N) is 5. The first kappa shape index (κ1) is 33.4. The summed E-state index contributed by atoms with van der Waals surface area (Å²) >= 11 is 0. The van der Waals surface area contributed by atoms with E-state index >= 15 is 0 Å². The van der Waals surface area contributed by atoms with Crippen molar-refractivity contribution in [3.05, 3.63) is 53.5 Å². The number of nitrogens with two attached hydrogens (primary N) is 1. The number of H-pyrrole nitrogens is 1. The normalized spacial score (nSPS) is 17.8. The molecule has 2 aromatic rings. The fraction of sp³-hybridized carbons (Fsp3) is 0.500. The Hall–Kier alpha value is -4.52. The number of allylic oxidation sites excluding steroid dienone is 2. The number of likely N-dealkylation sites (tertiary alicyclic amines) is 1. The summed E-state index contributed by atoms with van der Waals surface area (Å²) in [5.41, 5.74) is 10.2. The Kier molecular flexibility index (Phi) is 11.5. The molecule has 0 unspecified atom stereocenters. The summed E-state index contributed by atoms with van der Waals surface area (Å²) in [6, 6.07) is 2.30. The molecule has 3 amide bonds. The van der Waals surface area contributed by atoms with E-state index in [-0.39, 0.29) is 11.8 Å². The molecule has 1 aromatic carbocycles. The number of aromatic nitrogens is 2. The number of piperidine rings is 1. The van der Waals surface area contributed by atoms with E-state index in [2.05, 4.69) is 32.1 Å². The molecular formula is C32H44N8O5. The molecule has 45 heavy (non-hydrogen) atoms. The van der Waals surface area contributed by atoms with Gasteiger partial charge in [-0.2, -0.15) is 5.10 Å². The molecule has 2 atom stereocenters. The molecule has 0 bridgehead atoms. The van der Waals surface area contributed by atoms with Crippen LogP contribution in [-0.4, -0.2) is 112 Å². The lowest BCUT2D eigenvalue weighted by atomic mass is 9.89. The Morgan fingerprint density at radius 1 is 1.13 bits per heavy atom. The highest BCUT2D eigenvalue weighted by molar-refractivity contribution is 5.93. The van der Waals surface area contributed by atoms with E-state index in [1.807, 2.05) is 38.1 Å². The molecule has 242 valence electrons. The number of carboxylic acid groups (broad SMARTS) is 1. The van der Waals surface area contributed by atoms with Crippen LogP contribution >= 0.6 is 0 Å². The van der Waals surface area contributed by atoms with Crippen molar-refractivity contribution in [1.29, 1.82) is 0 Å². The fourth-order valence-electron chi connectivity index (χ4n) is 6.19. The number of hydrogen-bond donors (Lipinski definition) is 4. The maximum Gasteiger partial charge on any atom is 0.312 e. The van der Waals surface area contributed by atoms with E-state index in [1.165, 1.54) is 0 Å². The fourth-order valence-corrected chi connectivity index (χ4v) is 6.19. The number of carbonyl (C=O) groups excluding carboxylic acids is 3. The number of aliphatic imine (C=N–C) groups is 1. The van der Waals surface area contributed by atoms with Crippen molar-refractivity contribution in [2.45, 2.75) is 58.0 Å². The highest BCUT2D eigenvalue weighted by Crippen LogP contribution is 2.24. The molecule has 4 rings (SSSR count). The second-order valence-electron chi connectivity index (χ2n) is 11.8. The van der Waals surface area contributed by atoms with Gasteiger partial charge in [-0.1, -0.05) is 12.1 Å². The molecule has 2 fully saturated rings. The number of aromatic amines is 1. The number of nitrogens with one attached hydrogen (secondary N) is 2. The smallest absolute Gasteiger partial charge is 0.312 e. The zero-order valence-corrected chi connectivity index (χ0v) is 26.1. The van der Waals surface area contributed by atoms with Gasteiger partial charge >= 0.3 is 5.97 Å². The third-order valence-corrected chi connectivity index (χ3v) is 8.65. The zero-order valence-electron chi connectivity index (χ0n) is 26.1. The Morgan fingerprint density at radius 3 is 2.47 bits per heavy atom. The van der Waals surface area contributed by atoms with E-state index in [4.69, 9.17) is 10.8 Å². The summed E-state index contributed by atoms with van der Waals surface area (Å²) in [7, 11) is 0. The van der Waals surface area contributed by atoms with Crippen LogP contribution in [0.15, 0.2) is 47.4 Å². The van der Waals surface area contributed by atoms with Gasteiger partial charge in [-0.3, -0.25) is 29.3 Å². The standard InChI is InChI=1S/C32H44N8O5/c1-4-25(5-8-34-3)38-11-13-40(14-12-38)32(45)27(18-22-6-9-39(10-7-22)28(41)19-29(42)43)36-31(44)26(33)17-23-15-21(2)30-24(16-23)20-35-37-30/h4-5,8,15-16,20,22,26-27H,3,6-7,9-14,17-19,33H2,1-2H3,(H,35,37)(H,36,44)(H,42,43)/b8-5-,25-4+/t26-,27+/m1/s1. The van der Waals surface area contributed by atoms with Crippen molar-refractivity contribution in [2.24, 2.45) is 16.6 Å². The van der Waals surface area contributed by atoms with Gasteiger partial charge in [-0.15, -0.1) is 0 Å². The number of piperazine rings is 1. The lowest BCUT2D eigenvalue weighted by Crippen LogP contribution is -2.57. The number of aryl methyl sites for hydroxylation is 1. The molecule has 2 aliphatic rings. The minimum Gasteiger partial charge on any atom is -0.481 e. The van der Waals surface area contributed by atoms with E-state index in [0.717, 1.165) is 27.7 Å². The van der Waals surface area contributed by atoms with Crippen molar-refractivity contribution >= 4 is 41.3 Å². The molecule has 1 aromatic heterocycles. The molecule has 0 saturated carbocycles. The van der Waals surface area contributed by atoms with Crippen molar-refractivity contribution in [3.8, 4) is 0 Å². The summed E-state index contributed by atoms with van der Waals surface area (Å²) in [6.45, 7) is 10.5. The second-order valence-corrected chi connectivity index (χ2v) is 11.8. The third-order valence-electron chi connectivity index (χ3n) is 8.65. The van der Waals surface area contributed by atoms with Crippen molar-refractivity contribution in [3.63, 3.8) is 0 Å². The lowest BCUT2D eigenvalue weighted by Gasteiger charge is -2.39. The monoisotopic (exact) mass is 620 g/mol. The summed E-state index contributed by atoms with van der Waals surface area (Å²) in [4.78, 5) is 59.9. The Morgan fingerprint density at radius 2 is 1.82 bits per heavy atom. The summed E-state index contributed by atoms with van der Waals surface area (Å²) in [5, 5.41) is 20.0. The van der Waals surface area contributed by atoms with Gasteiger partial charge in [0.15, 0.2) is 0 Å².